The van der Waals surface area contributed by atoms with Gasteiger partial charge in [0.2, 0.25) is 15.9 Å². The van der Waals surface area contributed by atoms with Crippen LogP contribution in [-0.4, -0.2) is 29.6 Å². The molecule has 0 bridgehead atoms. The molecule has 0 radical (unpaired) electrons. The highest BCUT2D eigenvalue weighted by Crippen LogP contribution is 2.27. The third-order valence-electron chi connectivity index (χ3n) is 5.44. The summed E-state index contributed by atoms with van der Waals surface area (Å²) in [6.45, 7) is 4.73. The van der Waals surface area contributed by atoms with Crippen LogP contribution in [0.5, 0.6) is 0 Å². The number of nitrogens with zero attached hydrogens (tertiary/aromatic N) is 2. The van der Waals surface area contributed by atoms with E-state index in [1.54, 1.807) is 6.07 Å². The maximum atomic E-state index is 12.7. The lowest BCUT2D eigenvalue weighted by molar-refractivity contribution is -0.119. The van der Waals surface area contributed by atoms with E-state index in [1.165, 1.54) is 23.9 Å². The molecule has 1 amide bonds. The number of hydrogen-bond acceptors (Lipinski definition) is 5. The summed E-state index contributed by atoms with van der Waals surface area (Å²) in [4.78, 5) is 17.3. The van der Waals surface area contributed by atoms with Crippen LogP contribution in [0.25, 0.3) is 21.8 Å². The fraction of sp³-hybridized carbons (Fsp3) is 0.250. The lowest BCUT2D eigenvalue weighted by Gasteiger charge is -2.15. The molecular weight excluding hydrogens is 456 g/mol. The van der Waals surface area contributed by atoms with Crippen molar-refractivity contribution >= 4 is 49.5 Å². The smallest absolute Gasteiger partial charge is 0.238 e. The summed E-state index contributed by atoms with van der Waals surface area (Å²) in [7, 11) is -3.81. The van der Waals surface area contributed by atoms with E-state index in [0.717, 1.165) is 28.3 Å². The molecule has 7 nitrogen and oxygen atoms in total. The molecule has 4 aromatic rings. The average molecular weight is 483 g/mol. The van der Waals surface area contributed by atoms with Gasteiger partial charge in [-0.2, -0.15) is 0 Å². The number of hydrogen-bond donors (Lipinski definition) is 2. The molecule has 0 aliphatic carbocycles. The van der Waals surface area contributed by atoms with Crippen molar-refractivity contribution in [3.05, 3.63) is 66.2 Å². The zero-order valence-electron chi connectivity index (χ0n) is 18.5. The molecule has 0 fully saturated rings. The van der Waals surface area contributed by atoms with E-state index in [4.69, 9.17) is 5.14 Å². The van der Waals surface area contributed by atoms with Crippen molar-refractivity contribution in [1.29, 1.82) is 0 Å². The number of nitrogens with one attached hydrogen (secondary N) is 1. The number of rotatable bonds is 8. The highest BCUT2D eigenvalue weighted by atomic mass is 32.2. The van der Waals surface area contributed by atoms with Crippen molar-refractivity contribution in [3.63, 3.8) is 0 Å². The molecule has 0 aliphatic heterocycles. The van der Waals surface area contributed by atoms with E-state index < -0.39 is 10.0 Å². The number of aromatic nitrogens is 2. The molecule has 4 rings (SSSR count). The highest BCUT2D eigenvalue weighted by Gasteiger charge is 2.17. The van der Waals surface area contributed by atoms with Gasteiger partial charge >= 0.3 is 0 Å². The average Bonchev–Trinajstić information content (AvgIpc) is 3.13. The molecule has 1 aromatic heterocycles. The summed E-state index contributed by atoms with van der Waals surface area (Å²) in [5.74, 6) is 0.105. The van der Waals surface area contributed by atoms with Crippen LogP contribution in [0.15, 0.2) is 70.7 Å². The van der Waals surface area contributed by atoms with Gasteiger partial charge in [-0.25, -0.2) is 18.5 Å². The molecule has 3 aromatic carbocycles. The van der Waals surface area contributed by atoms with Crippen LogP contribution in [0.1, 0.15) is 31.9 Å². The summed E-state index contributed by atoms with van der Waals surface area (Å²) in [6, 6.07) is 18.9. The second-order valence-corrected chi connectivity index (χ2v) is 10.4. The summed E-state index contributed by atoms with van der Waals surface area (Å²) in [6.07, 6.45) is 0.876. The first-order chi connectivity index (χ1) is 15.8. The molecule has 0 saturated carbocycles. The first kappa shape index (κ1) is 23.3. The van der Waals surface area contributed by atoms with Gasteiger partial charge in [0.25, 0.3) is 0 Å². The van der Waals surface area contributed by atoms with Crippen molar-refractivity contribution in [3.8, 4) is 0 Å². The number of imidazole rings is 1. The fourth-order valence-electron chi connectivity index (χ4n) is 3.79. The van der Waals surface area contributed by atoms with Gasteiger partial charge in [-0.1, -0.05) is 55.1 Å². The highest BCUT2D eigenvalue weighted by molar-refractivity contribution is 7.99. The molecule has 1 unspecified atom stereocenters. The molecule has 1 atom stereocenters. The zero-order valence-corrected chi connectivity index (χ0v) is 20.1. The van der Waals surface area contributed by atoms with E-state index in [2.05, 4.69) is 41.5 Å². The van der Waals surface area contributed by atoms with Gasteiger partial charge in [0, 0.05) is 6.54 Å². The third-order valence-corrected chi connectivity index (χ3v) is 7.33. The lowest BCUT2D eigenvalue weighted by Crippen LogP contribution is -2.28. The van der Waals surface area contributed by atoms with Crippen molar-refractivity contribution in [1.82, 2.24) is 14.9 Å². The van der Waals surface area contributed by atoms with Gasteiger partial charge in [-0.05, 0) is 53.9 Å². The SMILES string of the molecule is CCCn1c(SCC(=O)NC(C)c2ccc3ccccc3c2)nc2cc(S(N)(=O)=O)ccc21. The second kappa shape index (κ2) is 9.54. The number of primary sulfonamides is 1. The largest absolute Gasteiger partial charge is 0.349 e. The Hall–Kier alpha value is -2.88. The quantitative estimate of drug-likeness (QED) is 0.366. The Labute approximate surface area is 197 Å². The second-order valence-electron chi connectivity index (χ2n) is 7.93. The lowest BCUT2D eigenvalue weighted by atomic mass is 10.0. The van der Waals surface area contributed by atoms with Crippen LogP contribution >= 0.6 is 11.8 Å². The molecular formula is C24H26N4O3S2. The van der Waals surface area contributed by atoms with Crippen molar-refractivity contribution in [2.24, 2.45) is 5.14 Å². The number of carbonyl (C=O) groups is 1. The van der Waals surface area contributed by atoms with E-state index in [-0.39, 0.29) is 22.6 Å². The number of sulfonamides is 1. The number of nitrogens with two attached hydrogens (primary N) is 1. The van der Waals surface area contributed by atoms with Crippen LogP contribution in [0.4, 0.5) is 0 Å². The summed E-state index contributed by atoms with van der Waals surface area (Å²) < 4.78 is 25.4. The number of fused-ring (bicyclic) bond motifs is 2. The van der Waals surface area contributed by atoms with Crippen molar-refractivity contribution in [2.75, 3.05) is 5.75 Å². The van der Waals surface area contributed by atoms with Gasteiger partial charge in [-0.15, -0.1) is 0 Å². The van der Waals surface area contributed by atoms with E-state index in [0.29, 0.717) is 17.2 Å². The molecule has 1 heterocycles. The van der Waals surface area contributed by atoms with Gasteiger partial charge < -0.3 is 9.88 Å². The topological polar surface area (TPSA) is 107 Å². The number of thioether (sulfide) groups is 1. The Bertz CT molecular complexity index is 1430. The minimum atomic E-state index is -3.81. The minimum Gasteiger partial charge on any atom is -0.349 e. The number of carbonyl (C=O) groups excluding carboxylic acids is 1. The fourth-order valence-corrected chi connectivity index (χ4v) is 5.17. The minimum absolute atomic E-state index is 0.0228. The Morgan fingerprint density at radius 2 is 1.88 bits per heavy atom. The predicted molar refractivity (Wildman–Crippen MR) is 133 cm³/mol. The zero-order chi connectivity index (χ0) is 23.6. The Morgan fingerprint density at radius 3 is 2.61 bits per heavy atom. The summed E-state index contributed by atoms with van der Waals surface area (Å²) >= 11 is 1.33. The number of benzene rings is 3. The van der Waals surface area contributed by atoms with Crippen LogP contribution < -0.4 is 10.5 Å². The van der Waals surface area contributed by atoms with Gasteiger partial charge in [0.15, 0.2) is 5.16 Å². The van der Waals surface area contributed by atoms with Crippen LogP contribution in [0.3, 0.4) is 0 Å². The monoisotopic (exact) mass is 482 g/mol. The van der Waals surface area contributed by atoms with Gasteiger partial charge in [0.1, 0.15) is 0 Å². The van der Waals surface area contributed by atoms with E-state index >= 15 is 0 Å². The summed E-state index contributed by atoms with van der Waals surface area (Å²) in [5.41, 5.74) is 2.40. The number of amides is 1. The molecule has 0 aliphatic rings. The van der Waals surface area contributed by atoms with Crippen LogP contribution in [0, 0.1) is 0 Å². The van der Waals surface area contributed by atoms with Crippen molar-refractivity contribution in [2.45, 2.75) is 42.9 Å². The Kier molecular flexibility index (Phi) is 6.73. The van der Waals surface area contributed by atoms with Gasteiger partial charge in [0.05, 0.1) is 27.7 Å². The van der Waals surface area contributed by atoms with Crippen LogP contribution in [0.2, 0.25) is 0 Å². The first-order valence-electron chi connectivity index (χ1n) is 10.7. The standard InChI is InChI=1S/C24H26N4O3S2/c1-3-12-28-22-11-10-20(33(25,30)31)14-21(22)27-24(28)32-15-23(29)26-16(2)18-9-8-17-6-4-5-7-19(17)13-18/h4-11,13-14,16H,3,12,15H2,1-2H3,(H,26,29)(H2,25,30,31). The van der Waals surface area contributed by atoms with Crippen molar-refractivity contribution < 1.29 is 13.2 Å². The molecule has 3 N–H and O–H groups in total. The van der Waals surface area contributed by atoms with E-state index in [9.17, 15) is 13.2 Å². The first-order valence-corrected chi connectivity index (χ1v) is 13.2. The van der Waals surface area contributed by atoms with E-state index in [1.807, 2.05) is 29.7 Å². The Morgan fingerprint density at radius 1 is 1.12 bits per heavy atom. The maximum Gasteiger partial charge on any atom is 0.238 e. The Balaban J connectivity index is 1.48. The predicted octanol–water partition coefficient (Wildman–Crippen LogP) is 4.22. The molecule has 9 heteroatoms. The molecule has 33 heavy (non-hydrogen) atoms. The third kappa shape index (κ3) is 5.21. The van der Waals surface area contributed by atoms with Gasteiger partial charge in [-0.3, -0.25) is 4.79 Å². The number of aryl methyl sites for hydroxylation is 1. The molecule has 172 valence electrons. The normalized spacial score (nSPS) is 12.8. The van der Waals surface area contributed by atoms with Crippen LogP contribution in [-0.2, 0) is 21.4 Å². The molecule has 0 saturated heterocycles. The maximum absolute atomic E-state index is 12.7. The molecule has 0 spiro atoms. The summed E-state index contributed by atoms with van der Waals surface area (Å²) in [5, 5.41) is 11.3.